The average molecular weight is 289 g/mol. The van der Waals surface area contributed by atoms with Gasteiger partial charge in [-0.15, -0.1) is 0 Å². The molecule has 0 aliphatic heterocycles. The van der Waals surface area contributed by atoms with Crippen molar-refractivity contribution in [2.45, 2.75) is 13.8 Å². The summed E-state index contributed by atoms with van der Waals surface area (Å²) in [5, 5.41) is 6.45. The largest absolute Gasteiger partial charge is 0.350 e. The van der Waals surface area contributed by atoms with Gasteiger partial charge in [0.15, 0.2) is 0 Å². The molecule has 0 saturated heterocycles. The molecular weight excluding hydrogens is 274 g/mol. The Hall–Kier alpha value is -2.88. The van der Waals surface area contributed by atoms with Crippen LogP contribution in [0.5, 0.6) is 0 Å². The molecule has 2 aromatic carbocycles. The summed E-state index contributed by atoms with van der Waals surface area (Å²) < 4.78 is 1.46. The minimum Gasteiger partial charge on any atom is -0.350 e. The van der Waals surface area contributed by atoms with Crippen molar-refractivity contribution in [3.05, 3.63) is 70.1 Å². The first-order valence-corrected chi connectivity index (χ1v) is 7.22. The second-order valence-electron chi connectivity index (χ2n) is 5.56. The summed E-state index contributed by atoms with van der Waals surface area (Å²) in [6.45, 7) is 3.96. The van der Waals surface area contributed by atoms with Crippen molar-refractivity contribution in [1.82, 2.24) is 14.8 Å². The van der Waals surface area contributed by atoms with Gasteiger partial charge in [0.05, 0.1) is 11.4 Å². The zero-order chi connectivity index (χ0) is 15.3. The van der Waals surface area contributed by atoms with Crippen molar-refractivity contribution in [3.63, 3.8) is 0 Å². The third kappa shape index (κ3) is 1.77. The molecule has 0 atom stereocenters. The van der Waals surface area contributed by atoms with E-state index < -0.39 is 0 Å². The lowest BCUT2D eigenvalue weighted by Crippen LogP contribution is -2.22. The number of para-hydroxylation sites is 1. The van der Waals surface area contributed by atoms with Crippen molar-refractivity contribution in [1.29, 1.82) is 0 Å². The van der Waals surface area contributed by atoms with Crippen LogP contribution in [0.1, 0.15) is 11.3 Å². The summed E-state index contributed by atoms with van der Waals surface area (Å²) in [7, 11) is 0. The van der Waals surface area contributed by atoms with Crippen LogP contribution >= 0.6 is 0 Å². The second kappa shape index (κ2) is 4.56. The van der Waals surface area contributed by atoms with E-state index in [1.807, 2.05) is 62.4 Å². The van der Waals surface area contributed by atoms with Gasteiger partial charge in [-0.25, -0.2) is 0 Å². The summed E-state index contributed by atoms with van der Waals surface area (Å²) in [5.41, 5.74) is 4.21. The molecular formula is C18H15N3O. The van der Waals surface area contributed by atoms with E-state index in [1.54, 1.807) is 0 Å². The van der Waals surface area contributed by atoms with Crippen LogP contribution in [-0.4, -0.2) is 14.8 Å². The Morgan fingerprint density at radius 2 is 1.73 bits per heavy atom. The number of hydrogen-bond acceptors (Lipinski definition) is 2. The smallest absolute Gasteiger partial charge is 0.295 e. The molecule has 0 radical (unpaired) electrons. The molecule has 4 rings (SSSR count). The minimum absolute atomic E-state index is 0.124. The maximum absolute atomic E-state index is 12.8. The zero-order valence-corrected chi connectivity index (χ0v) is 12.4. The maximum atomic E-state index is 12.8. The summed E-state index contributed by atoms with van der Waals surface area (Å²) >= 11 is 0. The molecule has 0 bridgehead atoms. The average Bonchev–Trinajstić information content (AvgIpc) is 2.92. The van der Waals surface area contributed by atoms with Crippen LogP contribution in [0.15, 0.2) is 53.3 Å². The molecule has 1 N–H and O–H groups in total. The molecule has 0 spiro atoms. The number of benzene rings is 2. The fraction of sp³-hybridized carbons (Fsp3) is 0.111. The molecule has 0 saturated carbocycles. The molecule has 4 aromatic rings. The van der Waals surface area contributed by atoms with Crippen LogP contribution in [0.4, 0.5) is 0 Å². The van der Waals surface area contributed by atoms with Crippen LogP contribution in [0.25, 0.3) is 27.5 Å². The van der Waals surface area contributed by atoms with E-state index in [0.29, 0.717) is 5.52 Å². The normalized spacial score (nSPS) is 11.4. The fourth-order valence-corrected chi connectivity index (χ4v) is 2.89. The molecule has 4 nitrogen and oxygen atoms in total. The monoisotopic (exact) mass is 289 g/mol. The lowest BCUT2D eigenvalue weighted by Gasteiger charge is -2.07. The van der Waals surface area contributed by atoms with Crippen molar-refractivity contribution in [2.24, 2.45) is 0 Å². The van der Waals surface area contributed by atoms with Gasteiger partial charge >= 0.3 is 0 Å². The Labute approximate surface area is 127 Å². The van der Waals surface area contributed by atoms with E-state index in [4.69, 9.17) is 0 Å². The molecule has 108 valence electrons. The Kier molecular flexibility index (Phi) is 2.66. The van der Waals surface area contributed by atoms with Crippen LogP contribution in [0.3, 0.4) is 0 Å². The van der Waals surface area contributed by atoms with E-state index >= 15 is 0 Å². The summed E-state index contributed by atoms with van der Waals surface area (Å²) in [6, 6.07) is 15.7. The lowest BCUT2D eigenvalue weighted by molar-refractivity contribution is 0.799. The molecule has 2 heterocycles. The Morgan fingerprint density at radius 1 is 1.00 bits per heavy atom. The van der Waals surface area contributed by atoms with Gasteiger partial charge in [0, 0.05) is 16.3 Å². The van der Waals surface area contributed by atoms with Crippen molar-refractivity contribution >= 4 is 21.8 Å². The van der Waals surface area contributed by atoms with Gasteiger partial charge in [-0.2, -0.15) is 9.78 Å². The molecule has 4 heteroatoms. The summed E-state index contributed by atoms with van der Waals surface area (Å²) in [4.78, 5) is 16.0. The first-order chi connectivity index (χ1) is 10.6. The number of fused-ring (bicyclic) bond motifs is 3. The fourth-order valence-electron chi connectivity index (χ4n) is 2.89. The van der Waals surface area contributed by atoms with Crippen LogP contribution in [0.2, 0.25) is 0 Å². The number of aromatic amines is 1. The molecule has 0 amide bonds. The van der Waals surface area contributed by atoms with Gasteiger partial charge in [0.25, 0.3) is 5.56 Å². The van der Waals surface area contributed by atoms with Gasteiger partial charge in [0.1, 0.15) is 5.52 Å². The first-order valence-electron chi connectivity index (χ1n) is 7.22. The van der Waals surface area contributed by atoms with Gasteiger partial charge < -0.3 is 4.98 Å². The van der Waals surface area contributed by atoms with Gasteiger partial charge in [0.2, 0.25) is 0 Å². The molecule has 2 aromatic heterocycles. The number of aromatic nitrogens is 3. The number of hydrogen-bond donors (Lipinski definition) is 1. The Bertz CT molecular complexity index is 1060. The van der Waals surface area contributed by atoms with Crippen molar-refractivity contribution in [2.75, 3.05) is 0 Å². The number of nitrogens with one attached hydrogen (secondary N) is 1. The number of H-pyrrole nitrogens is 1. The van der Waals surface area contributed by atoms with Crippen LogP contribution in [0, 0.1) is 13.8 Å². The minimum atomic E-state index is -0.124. The van der Waals surface area contributed by atoms with Gasteiger partial charge in [-0.05, 0) is 32.0 Å². The Morgan fingerprint density at radius 3 is 2.50 bits per heavy atom. The van der Waals surface area contributed by atoms with Crippen molar-refractivity contribution < 1.29 is 0 Å². The predicted molar refractivity (Wildman–Crippen MR) is 88.7 cm³/mol. The second-order valence-corrected chi connectivity index (χ2v) is 5.56. The molecule has 0 fully saturated rings. The van der Waals surface area contributed by atoms with Crippen molar-refractivity contribution in [3.8, 4) is 5.69 Å². The predicted octanol–water partition coefficient (Wildman–Crippen LogP) is 3.48. The van der Waals surface area contributed by atoms with E-state index in [-0.39, 0.29) is 5.56 Å². The molecule has 0 aliphatic carbocycles. The SMILES string of the molecule is Cc1ccc(-n2nc(C)c3c([nH]c4ccccc43)c2=O)cc1. The molecule has 22 heavy (non-hydrogen) atoms. The van der Waals surface area contributed by atoms with E-state index in [2.05, 4.69) is 10.1 Å². The first kappa shape index (κ1) is 12.8. The highest BCUT2D eigenvalue weighted by Gasteiger charge is 2.14. The number of nitrogens with zero attached hydrogens (tertiary/aromatic N) is 2. The quantitative estimate of drug-likeness (QED) is 0.583. The van der Waals surface area contributed by atoms with E-state index in [0.717, 1.165) is 33.2 Å². The number of aryl methyl sites for hydroxylation is 2. The summed E-state index contributed by atoms with van der Waals surface area (Å²) in [6.07, 6.45) is 0. The third-order valence-electron chi connectivity index (χ3n) is 4.00. The Balaban J connectivity index is 2.10. The maximum Gasteiger partial charge on any atom is 0.295 e. The highest BCUT2D eigenvalue weighted by molar-refractivity contribution is 6.07. The van der Waals surface area contributed by atoms with Gasteiger partial charge in [-0.3, -0.25) is 4.79 Å². The zero-order valence-electron chi connectivity index (χ0n) is 12.4. The van der Waals surface area contributed by atoms with Crippen LogP contribution in [-0.2, 0) is 0 Å². The highest BCUT2D eigenvalue weighted by atomic mass is 16.1. The lowest BCUT2D eigenvalue weighted by atomic mass is 10.1. The molecule has 0 aliphatic rings. The topological polar surface area (TPSA) is 50.7 Å². The standard InChI is InChI=1S/C18H15N3O/c1-11-7-9-13(10-8-11)21-18(22)17-16(12(2)20-21)14-5-3-4-6-15(14)19-17/h3-10,19H,1-2H3. The third-order valence-corrected chi connectivity index (χ3v) is 4.00. The highest BCUT2D eigenvalue weighted by Crippen LogP contribution is 2.25. The number of rotatable bonds is 1. The summed E-state index contributed by atoms with van der Waals surface area (Å²) in [5.74, 6) is 0. The van der Waals surface area contributed by atoms with E-state index in [1.165, 1.54) is 4.68 Å². The van der Waals surface area contributed by atoms with Crippen LogP contribution < -0.4 is 5.56 Å². The van der Waals surface area contributed by atoms with Gasteiger partial charge in [-0.1, -0.05) is 35.9 Å². The van der Waals surface area contributed by atoms with E-state index in [9.17, 15) is 4.79 Å². The molecule has 0 unspecified atom stereocenters.